The number of anilines is 1. The molecule has 0 atom stereocenters. The molecular formula is C28H28N4O3. The van der Waals surface area contributed by atoms with Gasteiger partial charge in [0.05, 0.1) is 12.7 Å². The Morgan fingerprint density at radius 3 is 2.29 bits per heavy atom. The number of aryl methyl sites for hydroxylation is 1. The highest BCUT2D eigenvalue weighted by Gasteiger charge is 2.24. The zero-order valence-electron chi connectivity index (χ0n) is 20.2. The fraction of sp³-hybridized carbons (Fsp3) is 0.250. The van der Waals surface area contributed by atoms with E-state index in [1.165, 1.54) is 7.11 Å². The monoisotopic (exact) mass is 468 g/mol. The number of carbonyl (C=O) groups is 2. The molecule has 1 saturated heterocycles. The summed E-state index contributed by atoms with van der Waals surface area (Å²) in [6.07, 6.45) is 1.66. The third-order valence-corrected chi connectivity index (χ3v) is 6.33. The molecule has 7 heteroatoms. The van der Waals surface area contributed by atoms with Gasteiger partial charge in [-0.1, -0.05) is 24.3 Å². The second kappa shape index (κ2) is 10.3. The van der Waals surface area contributed by atoms with E-state index in [9.17, 15) is 14.9 Å². The summed E-state index contributed by atoms with van der Waals surface area (Å²) in [5.74, 6) is -0.656. The SMILES string of the molecule is COC(=O)c1cccc(-n2c(C)cc(C=C(C#N)C(=O)N3CCN(c4ccccc4)CC3)c2C)c1. The molecule has 1 aliphatic rings. The normalized spacial score (nSPS) is 13.9. The van der Waals surface area contributed by atoms with Crippen molar-refractivity contribution >= 4 is 23.6 Å². The number of esters is 1. The molecule has 0 saturated carbocycles. The lowest BCUT2D eigenvalue weighted by Gasteiger charge is -2.36. The van der Waals surface area contributed by atoms with E-state index < -0.39 is 5.97 Å². The Hall–Kier alpha value is -4.31. The number of carbonyl (C=O) groups excluding carboxylic acids is 2. The summed E-state index contributed by atoms with van der Waals surface area (Å²) in [7, 11) is 1.35. The number of ether oxygens (including phenoxy) is 1. The highest BCUT2D eigenvalue weighted by atomic mass is 16.5. The maximum atomic E-state index is 13.2. The van der Waals surface area contributed by atoms with Gasteiger partial charge in [0.1, 0.15) is 11.6 Å². The van der Waals surface area contributed by atoms with Gasteiger partial charge in [-0.05, 0) is 61.9 Å². The van der Waals surface area contributed by atoms with Gasteiger partial charge in [0.2, 0.25) is 0 Å². The van der Waals surface area contributed by atoms with Crippen LogP contribution in [0.4, 0.5) is 5.69 Å². The van der Waals surface area contributed by atoms with Crippen LogP contribution in [-0.2, 0) is 9.53 Å². The lowest BCUT2D eigenvalue weighted by molar-refractivity contribution is -0.126. The Balaban J connectivity index is 1.55. The van der Waals surface area contributed by atoms with Gasteiger partial charge in [-0.2, -0.15) is 5.26 Å². The van der Waals surface area contributed by atoms with Crippen LogP contribution in [0.25, 0.3) is 11.8 Å². The molecule has 1 aliphatic heterocycles. The Morgan fingerprint density at radius 1 is 0.943 bits per heavy atom. The first kappa shape index (κ1) is 23.8. The number of benzene rings is 2. The van der Waals surface area contributed by atoms with E-state index >= 15 is 0 Å². The summed E-state index contributed by atoms with van der Waals surface area (Å²) in [6, 6.07) is 21.3. The summed E-state index contributed by atoms with van der Waals surface area (Å²) in [5.41, 5.74) is 5.11. The first-order valence-electron chi connectivity index (χ1n) is 11.5. The van der Waals surface area contributed by atoms with Crippen LogP contribution in [0.3, 0.4) is 0 Å². The molecule has 0 radical (unpaired) electrons. The summed E-state index contributed by atoms with van der Waals surface area (Å²) >= 11 is 0. The first-order valence-corrected chi connectivity index (χ1v) is 11.5. The largest absolute Gasteiger partial charge is 0.465 e. The molecule has 0 spiro atoms. The molecule has 7 nitrogen and oxygen atoms in total. The fourth-order valence-corrected chi connectivity index (χ4v) is 4.50. The van der Waals surface area contributed by atoms with Gasteiger partial charge in [0.15, 0.2) is 0 Å². The van der Waals surface area contributed by atoms with Crippen molar-refractivity contribution in [2.24, 2.45) is 0 Å². The van der Waals surface area contributed by atoms with Gasteiger partial charge in [-0.3, -0.25) is 4.79 Å². The number of hydrogen-bond donors (Lipinski definition) is 0. The molecule has 2 aromatic carbocycles. The molecule has 3 aromatic rings. The molecule has 1 amide bonds. The third kappa shape index (κ3) is 4.97. The number of hydrogen-bond acceptors (Lipinski definition) is 5. The second-order valence-corrected chi connectivity index (χ2v) is 8.49. The number of amides is 1. The van der Waals surface area contributed by atoms with E-state index in [1.54, 1.807) is 29.2 Å². The highest BCUT2D eigenvalue weighted by Crippen LogP contribution is 2.24. The first-order chi connectivity index (χ1) is 16.9. The topological polar surface area (TPSA) is 78.6 Å². The van der Waals surface area contributed by atoms with Gasteiger partial charge in [0, 0.05) is 48.9 Å². The summed E-state index contributed by atoms with van der Waals surface area (Å²) < 4.78 is 6.83. The van der Waals surface area contributed by atoms with Crippen molar-refractivity contribution in [3.05, 3.63) is 88.8 Å². The number of methoxy groups -OCH3 is 1. The van der Waals surface area contributed by atoms with Crippen molar-refractivity contribution in [2.45, 2.75) is 13.8 Å². The Kier molecular flexibility index (Phi) is 7.02. The zero-order chi connectivity index (χ0) is 24.9. The fourth-order valence-electron chi connectivity index (χ4n) is 4.50. The van der Waals surface area contributed by atoms with Crippen molar-refractivity contribution in [3.8, 4) is 11.8 Å². The van der Waals surface area contributed by atoms with Gasteiger partial charge in [0.25, 0.3) is 5.91 Å². The van der Waals surface area contributed by atoms with Crippen molar-refractivity contribution in [1.82, 2.24) is 9.47 Å². The summed E-state index contributed by atoms with van der Waals surface area (Å²) in [6.45, 7) is 6.45. The molecule has 0 aliphatic carbocycles. The maximum absolute atomic E-state index is 13.2. The lowest BCUT2D eigenvalue weighted by Crippen LogP contribution is -2.49. The van der Waals surface area contributed by atoms with E-state index in [4.69, 9.17) is 4.74 Å². The van der Waals surface area contributed by atoms with Crippen LogP contribution in [0.1, 0.15) is 27.3 Å². The average molecular weight is 469 g/mol. The van der Waals surface area contributed by atoms with Crippen LogP contribution in [0.5, 0.6) is 0 Å². The number of piperazine rings is 1. The zero-order valence-corrected chi connectivity index (χ0v) is 20.2. The maximum Gasteiger partial charge on any atom is 0.337 e. The Labute approximate surface area is 205 Å². The number of nitriles is 1. The van der Waals surface area contributed by atoms with Crippen molar-refractivity contribution in [1.29, 1.82) is 5.26 Å². The van der Waals surface area contributed by atoms with Crippen LogP contribution < -0.4 is 4.90 Å². The molecule has 1 aromatic heterocycles. The third-order valence-electron chi connectivity index (χ3n) is 6.33. The number of para-hydroxylation sites is 1. The number of aromatic nitrogens is 1. The molecule has 4 rings (SSSR count). The van der Waals surface area contributed by atoms with Gasteiger partial charge in [-0.15, -0.1) is 0 Å². The van der Waals surface area contributed by atoms with E-state index in [0.29, 0.717) is 18.7 Å². The van der Waals surface area contributed by atoms with Crippen LogP contribution in [-0.4, -0.2) is 54.6 Å². The van der Waals surface area contributed by atoms with E-state index in [-0.39, 0.29) is 11.5 Å². The van der Waals surface area contributed by atoms with Crippen LogP contribution in [0.2, 0.25) is 0 Å². The Bertz CT molecular complexity index is 1310. The summed E-state index contributed by atoms with van der Waals surface area (Å²) in [5, 5.41) is 9.79. The van der Waals surface area contributed by atoms with Gasteiger partial charge >= 0.3 is 5.97 Å². The van der Waals surface area contributed by atoms with Crippen LogP contribution >= 0.6 is 0 Å². The summed E-state index contributed by atoms with van der Waals surface area (Å²) in [4.78, 5) is 29.1. The molecule has 0 N–H and O–H groups in total. The predicted octanol–water partition coefficient (Wildman–Crippen LogP) is 4.14. The van der Waals surface area contributed by atoms with E-state index in [1.807, 2.05) is 48.7 Å². The molecule has 1 fully saturated rings. The van der Waals surface area contributed by atoms with Gasteiger partial charge < -0.3 is 19.1 Å². The van der Waals surface area contributed by atoms with Crippen LogP contribution in [0.15, 0.2) is 66.2 Å². The van der Waals surface area contributed by atoms with Crippen molar-refractivity contribution in [2.75, 3.05) is 38.2 Å². The average Bonchev–Trinajstić information content (AvgIpc) is 3.19. The van der Waals surface area contributed by atoms with E-state index in [0.717, 1.165) is 41.4 Å². The predicted molar refractivity (Wildman–Crippen MR) is 135 cm³/mol. The molecule has 2 heterocycles. The highest BCUT2D eigenvalue weighted by molar-refractivity contribution is 6.02. The van der Waals surface area contributed by atoms with E-state index in [2.05, 4.69) is 23.1 Å². The van der Waals surface area contributed by atoms with Crippen molar-refractivity contribution < 1.29 is 14.3 Å². The smallest absolute Gasteiger partial charge is 0.337 e. The molecule has 0 bridgehead atoms. The molecule has 178 valence electrons. The molecular weight excluding hydrogens is 440 g/mol. The van der Waals surface area contributed by atoms with Gasteiger partial charge in [-0.25, -0.2) is 4.79 Å². The van der Waals surface area contributed by atoms with Crippen molar-refractivity contribution in [3.63, 3.8) is 0 Å². The number of rotatable bonds is 5. The molecule has 35 heavy (non-hydrogen) atoms. The molecule has 0 unspecified atom stereocenters. The number of nitrogens with zero attached hydrogens (tertiary/aromatic N) is 4. The minimum Gasteiger partial charge on any atom is -0.465 e. The minimum atomic E-state index is -0.404. The standard InChI is InChI=1S/C28H28N4O3/c1-20-16-23(21(2)32(20)26-11-7-8-22(18-26)28(34)35-3)17-24(19-29)27(33)31-14-12-30(13-15-31)25-9-5-4-6-10-25/h4-11,16-18H,12-15H2,1-3H3. The van der Waals surface area contributed by atoms with Crippen LogP contribution in [0, 0.1) is 25.2 Å². The lowest BCUT2D eigenvalue weighted by atomic mass is 10.1. The minimum absolute atomic E-state index is 0.113. The Morgan fingerprint density at radius 2 is 1.63 bits per heavy atom. The quantitative estimate of drug-likeness (QED) is 0.320. The second-order valence-electron chi connectivity index (χ2n) is 8.49.